The maximum atomic E-state index is 5.77. The fraction of sp³-hybridized carbons (Fsp3) is 0.400. The average Bonchev–Trinajstić information content (AvgIpc) is 2.05. The van der Waals surface area contributed by atoms with E-state index in [1.54, 1.807) is 0 Å². The van der Waals surface area contributed by atoms with Gasteiger partial charge in [0.25, 0.3) is 0 Å². The van der Waals surface area contributed by atoms with Gasteiger partial charge in [-0.05, 0) is 18.4 Å². The summed E-state index contributed by atoms with van der Waals surface area (Å²) in [4.78, 5) is 0. The summed E-state index contributed by atoms with van der Waals surface area (Å²) in [6, 6.07) is 10.6. The Bertz CT molecular complexity index is 203. The monoisotopic (exact) mass is 149 g/mol. The van der Waals surface area contributed by atoms with Crippen LogP contribution in [0.3, 0.4) is 0 Å². The Balaban J connectivity index is 2.77. The largest absolute Gasteiger partial charge is 0.327 e. The molecule has 1 aromatic rings. The molecule has 0 spiro atoms. The van der Waals surface area contributed by atoms with Crippen LogP contribution in [0, 0.1) is 0 Å². The number of rotatable bonds is 2. The molecular formula is C10H15N. The number of hydrogen-bond donors (Lipinski definition) is 1. The topological polar surface area (TPSA) is 26.0 Å². The van der Waals surface area contributed by atoms with Gasteiger partial charge in [-0.25, -0.2) is 0 Å². The molecule has 0 aromatic heterocycles. The van der Waals surface area contributed by atoms with Crippen LogP contribution in [0.25, 0.3) is 0 Å². The molecule has 1 heteroatoms. The van der Waals surface area contributed by atoms with Crippen molar-refractivity contribution < 1.29 is 0 Å². The van der Waals surface area contributed by atoms with E-state index in [1.165, 1.54) is 5.56 Å². The highest BCUT2D eigenvalue weighted by molar-refractivity contribution is 5.19. The zero-order valence-corrected chi connectivity index (χ0v) is 7.12. The molecule has 0 aliphatic heterocycles. The summed E-state index contributed by atoms with van der Waals surface area (Å²) in [5, 5.41) is 0. The number of benzene rings is 1. The summed E-state index contributed by atoms with van der Waals surface area (Å²) >= 11 is 0. The Kier molecular flexibility index (Phi) is 2.66. The summed E-state index contributed by atoms with van der Waals surface area (Å²) in [7, 11) is 0. The third-order valence-corrected chi connectivity index (χ3v) is 2.11. The van der Waals surface area contributed by atoms with E-state index in [2.05, 4.69) is 19.1 Å². The normalized spacial score (nSPS) is 15.9. The van der Waals surface area contributed by atoms with Crippen LogP contribution in [0.2, 0.25) is 0 Å². The van der Waals surface area contributed by atoms with Crippen molar-refractivity contribution in [2.45, 2.75) is 25.8 Å². The van der Waals surface area contributed by atoms with E-state index in [1.807, 2.05) is 25.1 Å². The molecule has 1 nitrogen and oxygen atoms in total. The zero-order valence-electron chi connectivity index (χ0n) is 7.12. The molecule has 1 aromatic carbocycles. The molecule has 60 valence electrons. The standard InChI is InChI=1S/C10H15N/c1-8(9(2)11)10-6-4-3-5-7-10/h3-9H,11H2,1-2H3/t8?,9-/m0/s1. The summed E-state index contributed by atoms with van der Waals surface area (Å²) in [5.41, 5.74) is 7.09. The van der Waals surface area contributed by atoms with Gasteiger partial charge in [0.05, 0.1) is 0 Å². The Labute approximate surface area is 68.2 Å². The van der Waals surface area contributed by atoms with Crippen molar-refractivity contribution in [1.29, 1.82) is 0 Å². The van der Waals surface area contributed by atoms with Crippen molar-refractivity contribution in [1.82, 2.24) is 0 Å². The maximum absolute atomic E-state index is 5.77. The molecule has 0 heterocycles. The minimum absolute atomic E-state index is 0.234. The van der Waals surface area contributed by atoms with Crippen LogP contribution in [-0.4, -0.2) is 6.04 Å². The maximum Gasteiger partial charge on any atom is 0.00766 e. The average molecular weight is 149 g/mol. The van der Waals surface area contributed by atoms with Gasteiger partial charge < -0.3 is 5.73 Å². The second-order valence-corrected chi connectivity index (χ2v) is 3.06. The lowest BCUT2D eigenvalue weighted by Crippen LogP contribution is -2.22. The summed E-state index contributed by atoms with van der Waals surface area (Å²) in [5.74, 6) is 0.455. The van der Waals surface area contributed by atoms with Crippen LogP contribution >= 0.6 is 0 Å². The fourth-order valence-corrected chi connectivity index (χ4v) is 1.06. The predicted molar refractivity (Wildman–Crippen MR) is 48.5 cm³/mol. The molecular weight excluding hydrogens is 134 g/mol. The minimum Gasteiger partial charge on any atom is -0.327 e. The van der Waals surface area contributed by atoms with E-state index in [0.717, 1.165) is 0 Å². The van der Waals surface area contributed by atoms with Crippen LogP contribution in [0.15, 0.2) is 30.3 Å². The SMILES string of the molecule is CC(c1ccccc1)[C@H](C)N. The molecule has 0 aliphatic rings. The first-order valence-corrected chi connectivity index (χ1v) is 4.02. The molecule has 2 N–H and O–H groups in total. The van der Waals surface area contributed by atoms with E-state index in [9.17, 15) is 0 Å². The van der Waals surface area contributed by atoms with Crippen molar-refractivity contribution in [3.8, 4) is 0 Å². The molecule has 0 fully saturated rings. The van der Waals surface area contributed by atoms with Gasteiger partial charge in [0.2, 0.25) is 0 Å². The first-order valence-electron chi connectivity index (χ1n) is 4.02. The van der Waals surface area contributed by atoms with Gasteiger partial charge in [0, 0.05) is 6.04 Å². The molecule has 0 amide bonds. The first-order chi connectivity index (χ1) is 5.22. The second kappa shape index (κ2) is 3.54. The van der Waals surface area contributed by atoms with Crippen molar-refractivity contribution >= 4 is 0 Å². The molecule has 0 aliphatic carbocycles. The predicted octanol–water partition coefficient (Wildman–Crippen LogP) is 2.14. The molecule has 0 radical (unpaired) electrons. The van der Waals surface area contributed by atoms with Crippen molar-refractivity contribution in [3.05, 3.63) is 35.9 Å². The van der Waals surface area contributed by atoms with E-state index in [4.69, 9.17) is 5.73 Å². The van der Waals surface area contributed by atoms with Gasteiger partial charge in [0.1, 0.15) is 0 Å². The minimum atomic E-state index is 0.234. The lowest BCUT2D eigenvalue weighted by Gasteiger charge is -2.15. The molecule has 0 saturated heterocycles. The quantitative estimate of drug-likeness (QED) is 0.685. The van der Waals surface area contributed by atoms with Crippen LogP contribution in [0.1, 0.15) is 25.3 Å². The molecule has 1 unspecified atom stereocenters. The van der Waals surface area contributed by atoms with Crippen molar-refractivity contribution in [3.63, 3.8) is 0 Å². The summed E-state index contributed by atoms with van der Waals surface area (Å²) in [6.07, 6.45) is 0. The van der Waals surface area contributed by atoms with Gasteiger partial charge in [-0.2, -0.15) is 0 Å². The molecule has 2 atom stereocenters. The van der Waals surface area contributed by atoms with Crippen LogP contribution < -0.4 is 5.73 Å². The lowest BCUT2D eigenvalue weighted by molar-refractivity contribution is 0.613. The van der Waals surface area contributed by atoms with Crippen LogP contribution in [0.5, 0.6) is 0 Å². The Morgan fingerprint density at radius 3 is 2.09 bits per heavy atom. The van der Waals surface area contributed by atoms with Gasteiger partial charge in [-0.1, -0.05) is 37.3 Å². The third-order valence-electron chi connectivity index (χ3n) is 2.11. The first kappa shape index (κ1) is 8.28. The Hall–Kier alpha value is -0.820. The van der Waals surface area contributed by atoms with Crippen LogP contribution in [0.4, 0.5) is 0 Å². The zero-order chi connectivity index (χ0) is 8.27. The fourth-order valence-electron chi connectivity index (χ4n) is 1.06. The highest BCUT2D eigenvalue weighted by Gasteiger charge is 2.08. The van der Waals surface area contributed by atoms with E-state index in [-0.39, 0.29) is 6.04 Å². The van der Waals surface area contributed by atoms with Gasteiger partial charge >= 0.3 is 0 Å². The molecule has 0 saturated carbocycles. The van der Waals surface area contributed by atoms with Gasteiger partial charge in [-0.15, -0.1) is 0 Å². The Morgan fingerprint density at radius 1 is 1.09 bits per heavy atom. The van der Waals surface area contributed by atoms with Crippen LogP contribution in [-0.2, 0) is 0 Å². The van der Waals surface area contributed by atoms with Crippen molar-refractivity contribution in [2.24, 2.45) is 5.73 Å². The number of hydrogen-bond acceptors (Lipinski definition) is 1. The van der Waals surface area contributed by atoms with E-state index >= 15 is 0 Å². The highest BCUT2D eigenvalue weighted by atomic mass is 14.6. The number of nitrogens with two attached hydrogens (primary N) is 1. The second-order valence-electron chi connectivity index (χ2n) is 3.06. The Morgan fingerprint density at radius 2 is 1.64 bits per heavy atom. The summed E-state index contributed by atoms with van der Waals surface area (Å²) in [6.45, 7) is 4.19. The van der Waals surface area contributed by atoms with Crippen molar-refractivity contribution in [2.75, 3.05) is 0 Å². The third kappa shape index (κ3) is 2.05. The lowest BCUT2D eigenvalue weighted by atomic mass is 9.95. The summed E-state index contributed by atoms with van der Waals surface area (Å²) < 4.78 is 0. The molecule has 0 bridgehead atoms. The van der Waals surface area contributed by atoms with Gasteiger partial charge in [0.15, 0.2) is 0 Å². The highest BCUT2D eigenvalue weighted by Crippen LogP contribution is 2.16. The smallest absolute Gasteiger partial charge is 0.00766 e. The molecule has 1 rings (SSSR count). The van der Waals surface area contributed by atoms with Gasteiger partial charge in [-0.3, -0.25) is 0 Å². The van der Waals surface area contributed by atoms with E-state index in [0.29, 0.717) is 5.92 Å². The molecule has 11 heavy (non-hydrogen) atoms. The van der Waals surface area contributed by atoms with E-state index < -0.39 is 0 Å².